The van der Waals surface area contributed by atoms with Crippen LogP contribution in [0.5, 0.6) is 0 Å². The van der Waals surface area contributed by atoms with E-state index in [0.29, 0.717) is 11.8 Å². The molecule has 1 saturated heterocycles. The molecule has 4 nitrogen and oxygen atoms in total. The molecule has 68 valence electrons. The number of hydrogen-bond acceptors (Lipinski definition) is 2. The summed E-state index contributed by atoms with van der Waals surface area (Å²) in [6.07, 6.45) is 5.23. The van der Waals surface area contributed by atoms with Gasteiger partial charge in [0.2, 0.25) is 5.91 Å². The molecule has 4 heteroatoms. The maximum absolute atomic E-state index is 11.5. The molecule has 13 heavy (non-hydrogen) atoms. The summed E-state index contributed by atoms with van der Waals surface area (Å²) in [7, 11) is 0. The second-order valence-electron chi connectivity index (χ2n) is 3.96. The van der Waals surface area contributed by atoms with E-state index in [2.05, 4.69) is 22.8 Å². The summed E-state index contributed by atoms with van der Waals surface area (Å²) in [6.45, 7) is 0. The third-order valence-corrected chi connectivity index (χ3v) is 3.30. The lowest BCUT2D eigenvalue weighted by Crippen LogP contribution is -2.59. The average molecular weight is 178 g/mol. The third kappa shape index (κ3) is 0.802. The molecule has 4 atom stereocenters. The SMILES string of the molecule is O=C1NC(=O)[C@H]2[C@@H](N1)[C@@H]1C=C[C@H]2C1. The number of urea groups is 1. The van der Waals surface area contributed by atoms with Crippen molar-refractivity contribution in [3.63, 3.8) is 0 Å². The molecule has 0 aromatic heterocycles. The van der Waals surface area contributed by atoms with Gasteiger partial charge in [0.1, 0.15) is 0 Å². The fourth-order valence-electron chi connectivity index (χ4n) is 2.76. The molecule has 0 aromatic carbocycles. The standard InChI is InChI=1S/C9H10N2O2/c12-8-6-4-1-2-5(3-4)7(6)10-9(13)11-8/h1-2,4-7H,3H2,(H2,10,11,12,13)/t4-,5+,6+,7-/m0/s1. The van der Waals surface area contributed by atoms with Crippen LogP contribution in [0.15, 0.2) is 12.2 Å². The van der Waals surface area contributed by atoms with Gasteiger partial charge in [-0.05, 0) is 18.3 Å². The van der Waals surface area contributed by atoms with Crippen LogP contribution >= 0.6 is 0 Å². The Morgan fingerprint density at radius 2 is 2.00 bits per heavy atom. The van der Waals surface area contributed by atoms with Gasteiger partial charge in [0.15, 0.2) is 0 Å². The first kappa shape index (κ1) is 7.12. The summed E-state index contributed by atoms with van der Waals surface area (Å²) in [5.74, 6) is 0.596. The molecule has 1 saturated carbocycles. The van der Waals surface area contributed by atoms with Crippen molar-refractivity contribution in [2.24, 2.45) is 17.8 Å². The average Bonchev–Trinajstić information content (AvgIpc) is 2.62. The molecule has 0 radical (unpaired) electrons. The van der Waals surface area contributed by atoms with Crippen LogP contribution in [-0.2, 0) is 4.79 Å². The van der Waals surface area contributed by atoms with Gasteiger partial charge in [-0.1, -0.05) is 12.2 Å². The molecule has 3 rings (SSSR count). The van der Waals surface area contributed by atoms with Crippen molar-refractivity contribution in [1.29, 1.82) is 0 Å². The Kier molecular flexibility index (Phi) is 1.17. The second kappa shape index (κ2) is 2.13. The summed E-state index contributed by atoms with van der Waals surface area (Å²) in [5, 5.41) is 5.13. The van der Waals surface area contributed by atoms with E-state index in [1.54, 1.807) is 0 Å². The van der Waals surface area contributed by atoms with E-state index in [1.807, 2.05) is 0 Å². The van der Waals surface area contributed by atoms with Crippen LogP contribution in [-0.4, -0.2) is 18.0 Å². The Bertz CT molecular complexity index is 324. The topological polar surface area (TPSA) is 58.2 Å². The number of allylic oxidation sites excluding steroid dienone is 1. The highest BCUT2D eigenvalue weighted by Gasteiger charge is 2.51. The predicted octanol–water partition coefficient (Wildman–Crippen LogP) is 0.0165. The zero-order chi connectivity index (χ0) is 9.00. The minimum absolute atomic E-state index is 0.0206. The lowest BCUT2D eigenvalue weighted by atomic mass is 9.87. The molecule has 1 heterocycles. The van der Waals surface area contributed by atoms with Crippen molar-refractivity contribution in [3.8, 4) is 0 Å². The molecule has 0 unspecified atom stereocenters. The van der Waals surface area contributed by atoms with Crippen LogP contribution in [0.2, 0.25) is 0 Å². The minimum atomic E-state index is -0.341. The van der Waals surface area contributed by atoms with Gasteiger partial charge < -0.3 is 5.32 Å². The zero-order valence-corrected chi connectivity index (χ0v) is 6.99. The van der Waals surface area contributed by atoms with Gasteiger partial charge in [-0.15, -0.1) is 0 Å². The second-order valence-corrected chi connectivity index (χ2v) is 3.96. The van der Waals surface area contributed by atoms with Crippen molar-refractivity contribution >= 4 is 11.9 Å². The number of amides is 3. The molecule has 2 fully saturated rings. The lowest BCUT2D eigenvalue weighted by Gasteiger charge is -2.31. The number of hydrogen-bond donors (Lipinski definition) is 2. The minimum Gasteiger partial charge on any atom is -0.334 e. The molecule has 0 spiro atoms. The summed E-state index contributed by atoms with van der Waals surface area (Å²) in [4.78, 5) is 22.5. The van der Waals surface area contributed by atoms with E-state index in [1.165, 1.54) is 0 Å². The fraction of sp³-hybridized carbons (Fsp3) is 0.556. The number of carbonyl (C=O) groups excluding carboxylic acids is 2. The highest BCUT2D eigenvalue weighted by Crippen LogP contribution is 2.44. The van der Waals surface area contributed by atoms with Crippen molar-refractivity contribution in [2.45, 2.75) is 12.5 Å². The Balaban J connectivity index is 1.98. The summed E-state index contributed by atoms with van der Waals surface area (Å²) in [5.41, 5.74) is 0. The maximum Gasteiger partial charge on any atom is 0.321 e. The van der Waals surface area contributed by atoms with Crippen LogP contribution in [0.25, 0.3) is 0 Å². The molecule has 2 bridgehead atoms. The molecule has 0 aromatic rings. The Morgan fingerprint density at radius 3 is 2.85 bits per heavy atom. The number of imide groups is 1. The number of carbonyl (C=O) groups is 2. The van der Waals surface area contributed by atoms with Crippen molar-refractivity contribution < 1.29 is 9.59 Å². The Hall–Kier alpha value is -1.32. The first-order valence-electron chi connectivity index (χ1n) is 4.55. The van der Waals surface area contributed by atoms with E-state index < -0.39 is 0 Å². The van der Waals surface area contributed by atoms with Crippen molar-refractivity contribution in [1.82, 2.24) is 10.6 Å². The quantitative estimate of drug-likeness (QED) is 0.513. The van der Waals surface area contributed by atoms with Gasteiger partial charge in [-0.25, -0.2) is 4.79 Å². The highest BCUT2D eigenvalue weighted by atomic mass is 16.2. The fourth-order valence-corrected chi connectivity index (χ4v) is 2.76. The predicted molar refractivity (Wildman–Crippen MR) is 44.7 cm³/mol. The number of nitrogens with one attached hydrogen (secondary N) is 2. The van der Waals surface area contributed by atoms with Gasteiger partial charge in [0.25, 0.3) is 0 Å². The molecule has 2 aliphatic carbocycles. The van der Waals surface area contributed by atoms with E-state index in [4.69, 9.17) is 0 Å². The lowest BCUT2D eigenvalue weighted by molar-refractivity contribution is -0.126. The molecule has 3 amide bonds. The number of fused-ring (bicyclic) bond motifs is 5. The molecule has 3 aliphatic rings. The van der Waals surface area contributed by atoms with Crippen molar-refractivity contribution in [2.75, 3.05) is 0 Å². The van der Waals surface area contributed by atoms with E-state index in [9.17, 15) is 9.59 Å². The molecule has 1 aliphatic heterocycles. The summed E-state index contributed by atoms with van der Waals surface area (Å²) in [6, 6.07) is -0.288. The molecular formula is C9H10N2O2. The smallest absolute Gasteiger partial charge is 0.321 e. The number of rotatable bonds is 0. The summed E-state index contributed by atoms with van der Waals surface area (Å²) < 4.78 is 0. The molecular weight excluding hydrogens is 168 g/mol. The largest absolute Gasteiger partial charge is 0.334 e. The Labute approximate surface area is 75.4 Å². The maximum atomic E-state index is 11.5. The first-order chi connectivity index (χ1) is 6.25. The van der Waals surface area contributed by atoms with Crippen LogP contribution in [0, 0.1) is 17.8 Å². The van der Waals surface area contributed by atoms with Crippen LogP contribution < -0.4 is 10.6 Å². The zero-order valence-electron chi connectivity index (χ0n) is 6.99. The van der Waals surface area contributed by atoms with E-state index >= 15 is 0 Å². The van der Waals surface area contributed by atoms with Crippen molar-refractivity contribution in [3.05, 3.63) is 12.2 Å². The van der Waals surface area contributed by atoms with Crippen LogP contribution in [0.3, 0.4) is 0 Å². The van der Waals surface area contributed by atoms with Crippen LogP contribution in [0.1, 0.15) is 6.42 Å². The highest BCUT2D eigenvalue weighted by molar-refractivity contribution is 5.99. The van der Waals surface area contributed by atoms with Gasteiger partial charge >= 0.3 is 6.03 Å². The third-order valence-electron chi connectivity index (χ3n) is 3.30. The monoisotopic (exact) mass is 178 g/mol. The van der Waals surface area contributed by atoms with E-state index in [0.717, 1.165) is 6.42 Å². The van der Waals surface area contributed by atoms with E-state index in [-0.39, 0.29) is 23.9 Å². The first-order valence-corrected chi connectivity index (χ1v) is 4.55. The summed E-state index contributed by atoms with van der Waals surface area (Å²) >= 11 is 0. The van der Waals surface area contributed by atoms with Gasteiger partial charge in [0, 0.05) is 6.04 Å². The van der Waals surface area contributed by atoms with Gasteiger partial charge in [-0.3, -0.25) is 10.1 Å². The van der Waals surface area contributed by atoms with Gasteiger partial charge in [0.05, 0.1) is 5.92 Å². The van der Waals surface area contributed by atoms with Crippen LogP contribution in [0.4, 0.5) is 4.79 Å². The van der Waals surface area contributed by atoms with Gasteiger partial charge in [-0.2, -0.15) is 0 Å². The Morgan fingerprint density at radius 1 is 1.23 bits per heavy atom. The normalized spacial score (nSPS) is 45.8. The molecule has 2 N–H and O–H groups in total.